The van der Waals surface area contributed by atoms with E-state index in [9.17, 15) is 4.79 Å². The van der Waals surface area contributed by atoms with Gasteiger partial charge < -0.3 is 15.2 Å². The molecule has 0 aliphatic rings. The first kappa shape index (κ1) is 22.3. The third-order valence-corrected chi connectivity index (χ3v) is 4.46. The summed E-state index contributed by atoms with van der Waals surface area (Å²) < 4.78 is 11.4. The number of hydrogen-bond acceptors (Lipinski definition) is 5. The molecule has 1 aromatic carbocycles. The molecular weight excluding hydrogens is 328 g/mol. The molecule has 0 fully saturated rings. The van der Waals surface area contributed by atoms with Crippen LogP contribution in [0.1, 0.15) is 64.2 Å². The highest BCUT2D eigenvalue weighted by atomic mass is 16.5. The molecule has 0 unspecified atom stereocenters. The Morgan fingerprint density at radius 2 is 1.88 bits per heavy atom. The number of rotatable bonds is 12. The summed E-state index contributed by atoms with van der Waals surface area (Å²) in [7, 11) is 0. The van der Waals surface area contributed by atoms with E-state index in [-0.39, 0.29) is 12.0 Å². The van der Waals surface area contributed by atoms with Crippen molar-refractivity contribution in [2.75, 3.05) is 32.0 Å². The van der Waals surface area contributed by atoms with Gasteiger partial charge >= 0.3 is 5.97 Å². The summed E-state index contributed by atoms with van der Waals surface area (Å²) in [6.07, 6.45) is 2.96. The highest BCUT2D eigenvalue weighted by molar-refractivity contribution is 5.93. The number of anilines is 1. The molecule has 0 aliphatic carbocycles. The van der Waals surface area contributed by atoms with Crippen molar-refractivity contribution in [1.29, 1.82) is 0 Å². The highest BCUT2D eigenvalue weighted by Gasteiger charge is 2.21. The van der Waals surface area contributed by atoms with Gasteiger partial charge in [0, 0.05) is 17.8 Å². The van der Waals surface area contributed by atoms with Gasteiger partial charge in [-0.3, -0.25) is 4.90 Å². The Labute approximate surface area is 158 Å². The smallest absolute Gasteiger partial charge is 0.341 e. The SMILES string of the molecule is CCCCOc1cc(N)ccc1C(=O)OC[C@@H](CC(C)C)N(CC)CC. The number of esters is 1. The Hall–Kier alpha value is -1.75. The van der Waals surface area contributed by atoms with Crippen LogP contribution >= 0.6 is 0 Å². The molecule has 5 nitrogen and oxygen atoms in total. The maximum Gasteiger partial charge on any atom is 0.341 e. The molecule has 26 heavy (non-hydrogen) atoms. The van der Waals surface area contributed by atoms with E-state index >= 15 is 0 Å². The van der Waals surface area contributed by atoms with E-state index in [1.807, 2.05) is 0 Å². The van der Waals surface area contributed by atoms with E-state index in [0.29, 0.717) is 36.1 Å². The number of unbranched alkanes of at least 4 members (excludes halogenated alkanes) is 1. The highest BCUT2D eigenvalue weighted by Crippen LogP contribution is 2.24. The van der Waals surface area contributed by atoms with Gasteiger partial charge in [0.1, 0.15) is 17.9 Å². The lowest BCUT2D eigenvalue weighted by Crippen LogP contribution is -2.40. The maximum absolute atomic E-state index is 12.6. The molecule has 0 aliphatic heterocycles. The number of nitrogen functional groups attached to an aromatic ring is 1. The van der Waals surface area contributed by atoms with Crippen LogP contribution in [0.15, 0.2) is 18.2 Å². The summed E-state index contributed by atoms with van der Waals surface area (Å²) in [6, 6.07) is 5.32. The van der Waals surface area contributed by atoms with E-state index in [2.05, 4.69) is 39.5 Å². The molecule has 0 amide bonds. The zero-order valence-corrected chi connectivity index (χ0v) is 17.1. The molecule has 1 aromatic rings. The Balaban J connectivity index is 2.81. The molecule has 148 valence electrons. The van der Waals surface area contributed by atoms with Gasteiger partial charge in [0.25, 0.3) is 0 Å². The van der Waals surface area contributed by atoms with E-state index in [1.165, 1.54) is 0 Å². The first-order chi connectivity index (χ1) is 12.4. The van der Waals surface area contributed by atoms with E-state index in [4.69, 9.17) is 15.2 Å². The molecule has 0 heterocycles. The van der Waals surface area contributed by atoms with Crippen molar-refractivity contribution in [2.45, 2.75) is 59.9 Å². The molecule has 0 aromatic heterocycles. The molecule has 1 rings (SSSR count). The number of carbonyl (C=O) groups excluding carboxylic acids is 1. The molecule has 0 saturated heterocycles. The Morgan fingerprint density at radius 3 is 2.46 bits per heavy atom. The summed E-state index contributed by atoms with van der Waals surface area (Å²) in [5.74, 6) is 0.702. The number of hydrogen-bond donors (Lipinski definition) is 1. The topological polar surface area (TPSA) is 64.8 Å². The second-order valence-electron chi connectivity index (χ2n) is 7.06. The van der Waals surface area contributed by atoms with Crippen LogP contribution < -0.4 is 10.5 Å². The van der Waals surface area contributed by atoms with E-state index in [0.717, 1.165) is 32.4 Å². The van der Waals surface area contributed by atoms with Crippen LogP contribution in [0.2, 0.25) is 0 Å². The first-order valence-corrected chi connectivity index (χ1v) is 9.86. The van der Waals surface area contributed by atoms with Gasteiger partial charge in [0.05, 0.1) is 6.61 Å². The van der Waals surface area contributed by atoms with Gasteiger partial charge in [0.2, 0.25) is 0 Å². The maximum atomic E-state index is 12.6. The normalized spacial score (nSPS) is 12.4. The number of benzene rings is 1. The van der Waals surface area contributed by atoms with Crippen molar-refractivity contribution in [3.05, 3.63) is 23.8 Å². The predicted molar refractivity (Wildman–Crippen MR) is 108 cm³/mol. The fourth-order valence-corrected chi connectivity index (χ4v) is 3.01. The Bertz CT molecular complexity index is 542. The Kier molecular flexibility index (Phi) is 10.1. The molecule has 2 N–H and O–H groups in total. The van der Waals surface area contributed by atoms with Crippen molar-refractivity contribution < 1.29 is 14.3 Å². The number of likely N-dealkylation sites (N-methyl/N-ethyl adjacent to an activating group) is 1. The average molecular weight is 365 g/mol. The molecule has 0 radical (unpaired) electrons. The molecule has 0 spiro atoms. The molecule has 0 bridgehead atoms. The zero-order chi connectivity index (χ0) is 19.5. The van der Waals surface area contributed by atoms with Crippen LogP contribution in [0.25, 0.3) is 0 Å². The van der Waals surface area contributed by atoms with E-state index < -0.39 is 0 Å². The van der Waals surface area contributed by atoms with Crippen molar-refractivity contribution >= 4 is 11.7 Å². The van der Waals surface area contributed by atoms with Gasteiger partial charge in [0.15, 0.2) is 0 Å². The average Bonchev–Trinajstić information content (AvgIpc) is 2.60. The minimum atomic E-state index is -0.350. The second-order valence-corrected chi connectivity index (χ2v) is 7.06. The quantitative estimate of drug-likeness (QED) is 0.339. The van der Waals surface area contributed by atoms with Crippen molar-refractivity contribution in [2.24, 2.45) is 5.92 Å². The van der Waals surface area contributed by atoms with Crippen LogP contribution in [-0.2, 0) is 4.74 Å². The summed E-state index contributed by atoms with van der Waals surface area (Å²) in [6.45, 7) is 13.6. The van der Waals surface area contributed by atoms with Crippen LogP contribution in [0, 0.1) is 5.92 Å². The fraction of sp³-hybridized carbons (Fsp3) is 0.667. The fourth-order valence-electron chi connectivity index (χ4n) is 3.01. The summed E-state index contributed by atoms with van der Waals surface area (Å²) >= 11 is 0. The second kappa shape index (κ2) is 11.8. The standard InChI is InChI=1S/C21H36N2O3/c1-6-9-12-25-20-14-17(22)10-11-19(20)21(24)26-15-18(13-16(4)5)23(7-2)8-3/h10-11,14,16,18H,6-9,12-13,15,22H2,1-5H3/t18-/m1/s1. The lowest BCUT2D eigenvalue weighted by atomic mass is 10.0. The molecule has 0 saturated carbocycles. The van der Waals surface area contributed by atoms with Crippen LogP contribution in [0.3, 0.4) is 0 Å². The number of nitrogens with two attached hydrogens (primary N) is 1. The summed E-state index contributed by atoms with van der Waals surface area (Å²) in [4.78, 5) is 15.0. The van der Waals surface area contributed by atoms with E-state index in [1.54, 1.807) is 18.2 Å². The lowest BCUT2D eigenvalue weighted by molar-refractivity contribution is 0.0327. The summed E-state index contributed by atoms with van der Waals surface area (Å²) in [5, 5.41) is 0. The predicted octanol–water partition coefficient (Wildman–Crippen LogP) is 4.36. The van der Waals surface area contributed by atoms with Crippen LogP contribution in [-0.4, -0.2) is 43.2 Å². The van der Waals surface area contributed by atoms with Crippen LogP contribution in [0.5, 0.6) is 5.75 Å². The number of nitrogens with zero attached hydrogens (tertiary/aromatic N) is 1. The van der Waals surface area contributed by atoms with Gasteiger partial charge in [-0.05, 0) is 44.0 Å². The van der Waals surface area contributed by atoms with Crippen LogP contribution in [0.4, 0.5) is 5.69 Å². The number of carbonyl (C=O) groups is 1. The third-order valence-electron chi connectivity index (χ3n) is 4.46. The minimum absolute atomic E-state index is 0.229. The number of ether oxygens (including phenoxy) is 2. The van der Waals surface area contributed by atoms with Crippen molar-refractivity contribution in [3.8, 4) is 5.75 Å². The van der Waals surface area contributed by atoms with Gasteiger partial charge in [-0.2, -0.15) is 0 Å². The van der Waals surface area contributed by atoms with Crippen molar-refractivity contribution in [1.82, 2.24) is 4.90 Å². The first-order valence-electron chi connectivity index (χ1n) is 9.86. The van der Waals surface area contributed by atoms with Gasteiger partial charge in [-0.1, -0.05) is 41.0 Å². The largest absolute Gasteiger partial charge is 0.493 e. The molecule has 1 atom stereocenters. The van der Waals surface area contributed by atoms with Crippen molar-refractivity contribution in [3.63, 3.8) is 0 Å². The van der Waals surface area contributed by atoms with Gasteiger partial charge in [-0.15, -0.1) is 0 Å². The summed E-state index contributed by atoms with van der Waals surface area (Å²) in [5.41, 5.74) is 6.87. The minimum Gasteiger partial charge on any atom is -0.493 e. The Morgan fingerprint density at radius 1 is 1.19 bits per heavy atom. The monoisotopic (exact) mass is 364 g/mol. The van der Waals surface area contributed by atoms with Gasteiger partial charge in [-0.25, -0.2) is 4.79 Å². The lowest BCUT2D eigenvalue weighted by Gasteiger charge is -2.30. The third kappa shape index (κ3) is 7.24. The molecule has 5 heteroatoms. The zero-order valence-electron chi connectivity index (χ0n) is 17.1. The molecular formula is C21H36N2O3.